The summed E-state index contributed by atoms with van der Waals surface area (Å²) in [6.07, 6.45) is 9.32. The number of amides is 2. The van der Waals surface area contributed by atoms with E-state index >= 15 is 8.78 Å². The van der Waals surface area contributed by atoms with Crippen molar-refractivity contribution in [2.45, 2.75) is 81.7 Å². The van der Waals surface area contributed by atoms with Crippen molar-refractivity contribution in [3.63, 3.8) is 0 Å². The van der Waals surface area contributed by atoms with E-state index in [1.807, 2.05) is 47.4 Å². The van der Waals surface area contributed by atoms with Crippen LogP contribution in [0.25, 0.3) is 33.5 Å². The lowest BCUT2D eigenvalue weighted by atomic mass is 9.90. The number of imidazole rings is 1. The number of aliphatic imine (C=N–C) groups is 1. The van der Waals surface area contributed by atoms with Crippen LogP contribution < -0.4 is 5.32 Å². The number of fused-ring (bicyclic) bond motifs is 4. The minimum atomic E-state index is -3.15. The van der Waals surface area contributed by atoms with Crippen LogP contribution in [0.5, 0.6) is 0 Å². The first-order valence-corrected chi connectivity index (χ1v) is 18.9. The fourth-order valence-corrected chi connectivity index (χ4v) is 9.23. The lowest BCUT2D eigenvalue weighted by Gasteiger charge is -2.34. The summed E-state index contributed by atoms with van der Waals surface area (Å²) < 4.78 is 42.9. The third-order valence-electron chi connectivity index (χ3n) is 12.1. The Morgan fingerprint density at radius 2 is 1.62 bits per heavy atom. The summed E-state index contributed by atoms with van der Waals surface area (Å²) in [6.45, 7) is 1.69. The zero-order valence-corrected chi connectivity index (χ0v) is 29.8. The van der Waals surface area contributed by atoms with Gasteiger partial charge in [-0.3, -0.25) is 9.79 Å². The largest absolute Gasteiger partial charge is 0.453 e. The molecule has 1 unspecified atom stereocenters. The van der Waals surface area contributed by atoms with Gasteiger partial charge in [-0.2, -0.15) is 8.78 Å². The number of alkyl halides is 2. The van der Waals surface area contributed by atoms with Crippen LogP contribution in [-0.2, 0) is 26.6 Å². The van der Waals surface area contributed by atoms with E-state index in [2.05, 4.69) is 15.3 Å². The zero-order chi connectivity index (χ0) is 36.3. The molecule has 3 aliphatic heterocycles. The molecular weight excluding hydrogens is 676 g/mol. The van der Waals surface area contributed by atoms with Crippen molar-refractivity contribution in [1.82, 2.24) is 20.2 Å². The molecule has 5 aliphatic rings. The van der Waals surface area contributed by atoms with E-state index in [0.29, 0.717) is 67.2 Å². The highest BCUT2D eigenvalue weighted by molar-refractivity contribution is 6.01. The zero-order valence-electron chi connectivity index (χ0n) is 29.8. The second-order valence-corrected chi connectivity index (χ2v) is 15.1. The first kappa shape index (κ1) is 33.9. The van der Waals surface area contributed by atoms with Crippen molar-refractivity contribution in [3.05, 3.63) is 83.3 Å². The molecule has 0 radical (unpaired) electrons. The quantitative estimate of drug-likeness (QED) is 0.200. The van der Waals surface area contributed by atoms with E-state index in [-0.39, 0.29) is 29.0 Å². The number of H-pyrrole nitrogens is 1. The molecule has 9 nitrogen and oxygen atoms in total. The first-order chi connectivity index (χ1) is 25.8. The highest BCUT2D eigenvalue weighted by atomic mass is 19.3. The molecule has 9 rings (SSSR count). The summed E-state index contributed by atoms with van der Waals surface area (Å²) in [5.74, 6) is -1.94. The third-order valence-corrected chi connectivity index (χ3v) is 12.1. The molecular formula is C42H43F2N5O4. The number of ether oxygens (including phenoxy) is 2. The van der Waals surface area contributed by atoms with Crippen molar-refractivity contribution >= 4 is 23.4 Å². The van der Waals surface area contributed by atoms with E-state index in [1.165, 1.54) is 20.0 Å². The predicted octanol–water partition coefficient (Wildman–Crippen LogP) is 8.29. The number of methoxy groups -OCH3 is 1. The highest BCUT2D eigenvalue weighted by Gasteiger charge is 2.45. The molecule has 53 heavy (non-hydrogen) atoms. The number of aromatic amines is 1. The van der Waals surface area contributed by atoms with Crippen LogP contribution in [0.1, 0.15) is 79.8 Å². The maximum Gasteiger partial charge on any atom is 0.407 e. The molecule has 4 heterocycles. The summed E-state index contributed by atoms with van der Waals surface area (Å²) in [5, 5.41) is 2.81. The van der Waals surface area contributed by atoms with E-state index in [1.54, 1.807) is 18.3 Å². The lowest BCUT2D eigenvalue weighted by Crippen LogP contribution is -2.55. The lowest BCUT2D eigenvalue weighted by molar-refractivity contribution is -0.135. The first-order valence-electron chi connectivity index (χ1n) is 18.9. The molecule has 2 saturated heterocycles. The standard InChI is InChI=1S/C42H43F2N5O4/c1-52-41(51)48-38(24-14-17-53-18-15-24)40(50)49-16-4-7-37(49)35-22-29-19-26(10-13-34(29)46-35)27-8-11-30-31-12-9-28(21-33(31)42(43,44)32(30)20-27)36-23-45-39(47-36)25-5-2-3-6-25/h8-13,19-21,23-25,37-38H,2-7,14-18,22H2,1H3,(H,45,47)(H,48,51)/t37-,38?/m0/s1. The van der Waals surface area contributed by atoms with Gasteiger partial charge in [0.1, 0.15) is 11.9 Å². The van der Waals surface area contributed by atoms with Gasteiger partial charge < -0.3 is 24.7 Å². The summed E-state index contributed by atoms with van der Waals surface area (Å²) >= 11 is 0. The fraction of sp³-hybridized carbons (Fsp3) is 0.429. The van der Waals surface area contributed by atoms with Crippen LogP contribution in [-0.4, -0.2) is 71.5 Å². The Morgan fingerprint density at radius 1 is 0.925 bits per heavy atom. The number of hydrogen-bond acceptors (Lipinski definition) is 6. The fourth-order valence-electron chi connectivity index (χ4n) is 9.23. The average Bonchev–Trinajstić information content (AvgIpc) is 4.04. The Bertz CT molecular complexity index is 2120. The second kappa shape index (κ2) is 13.5. The van der Waals surface area contributed by atoms with Gasteiger partial charge in [-0.25, -0.2) is 9.78 Å². The van der Waals surface area contributed by atoms with Crippen LogP contribution in [0.4, 0.5) is 19.3 Å². The Balaban J connectivity index is 0.932. The maximum absolute atomic E-state index is 16.3. The van der Waals surface area contributed by atoms with Gasteiger partial charge in [0.15, 0.2) is 0 Å². The van der Waals surface area contributed by atoms with E-state index < -0.39 is 18.1 Å². The van der Waals surface area contributed by atoms with Crippen LogP contribution >= 0.6 is 0 Å². The Kier molecular flexibility index (Phi) is 8.64. The molecule has 2 atom stereocenters. The number of carbonyl (C=O) groups is 2. The number of rotatable bonds is 7. The monoisotopic (exact) mass is 719 g/mol. The van der Waals surface area contributed by atoms with Crippen molar-refractivity contribution in [1.29, 1.82) is 0 Å². The number of alkyl carbamates (subject to hydrolysis) is 1. The summed E-state index contributed by atoms with van der Waals surface area (Å²) in [5.41, 5.74) is 6.91. The third kappa shape index (κ3) is 6.02. The Morgan fingerprint density at radius 3 is 2.38 bits per heavy atom. The molecule has 4 aromatic rings. The summed E-state index contributed by atoms with van der Waals surface area (Å²) in [4.78, 5) is 41.2. The van der Waals surface area contributed by atoms with Crippen LogP contribution in [0.15, 0.2) is 65.8 Å². The number of nitrogens with zero attached hydrogens (tertiary/aromatic N) is 3. The van der Waals surface area contributed by atoms with Gasteiger partial charge >= 0.3 is 6.09 Å². The minimum absolute atomic E-state index is 0.00981. The van der Waals surface area contributed by atoms with Gasteiger partial charge in [0, 0.05) is 54.5 Å². The number of aromatic nitrogens is 2. The minimum Gasteiger partial charge on any atom is -0.453 e. The van der Waals surface area contributed by atoms with E-state index in [4.69, 9.17) is 14.5 Å². The number of nitrogens with one attached hydrogen (secondary N) is 2. The number of likely N-dealkylation sites (tertiary alicyclic amines) is 1. The van der Waals surface area contributed by atoms with E-state index in [0.717, 1.165) is 59.7 Å². The molecule has 2 N–H and O–H groups in total. The molecule has 274 valence electrons. The number of carbonyl (C=O) groups excluding carboxylic acids is 2. The summed E-state index contributed by atoms with van der Waals surface area (Å²) in [6, 6.07) is 15.7. The molecule has 1 aromatic heterocycles. The van der Waals surface area contributed by atoms with Gasteiger partial charge in [0.2, 0.25) is 5.91 Å². The SMILES string of the molecule is COC(=O)NC(C(=O)N1CCC[C@H]1C1=Nc2ccc(-c3ccc4c(c3)C(F)(F)c3cc(-c5cnc(C6CCCC6)[nH]5)ccc3-4)cc2C1)C1CCOCC1. The van der Waals surface area contributed by atoms with Crippen molar-refractivity contribution in [2.24, 2.45) is 10.9 Å². The molecule has 3 aromatic carbocycles. The van der Waals surface area contributed by atoms with Gasteiger partial charge in [-0.1, -0.05) is 43.2 Å². The second-order valence-electron chi connectivity index (χ2n) is 15.1. The van der Waals surface area contributed by atoms with Gasteiger partial charge in [-0.05, 0) is 96.5 Å². The van der Waals surface area contributed by atoms with Gasteiger partial charge in [-0.15, -0.1) is 0 Å². The van der Waals surface area contributed by atoms with Crippen molar-refractivity contribution in [3.8, 4) is 33.5 Å². The van der Waals surface area contributed by atoms with Gasteiger partial charge in [0.05, 0.1) is 30.7 Å². The number of hydrogen-bond donors (Lipinski definition) is 2. The molecule has 1 saturated carbocycles. The smallest absolute Gasteiger partial charge is 0.407 e. The molecule has 3 fully saturated rings. The van der Waals surface area contributed by atoms with Crippen molar-refractivity contribution in [2.75, 3.05) is 26.9 Å². The van der Waals surface area contributed by atoms with Crippen LogP contribution in [0.3, 0.4) is 0 Å². The molecule has 11 heteroatoms. The topological polar surface area (TPSA) is 109 Å². The average molecular weight is 720 g/mol. The molecule has 0 spiro atoms. The van der Waals surface area contributed by atoms with Crippen LogP contribution in [0, 0.1) is 5.92 Å². The number of benzene rings is 3. The molecule has 2 amide bonds. The maximum atomic E-state index is 16.3. The predicted molar refractivity (Wildman–Crippen MR) is 198 cm³/mol. The molecule has 0 bridgehead atoms. The molecule has 2 aliphatic carbocycles. The van der Waals surface area contributed by atoms with Crippen LogP contribution in [0.2, 0.25) is 0 Å². The Labute approximate surface area is 307 Å². The number of halogens is 2. The Hall–Kier alpha value is -4.90. The normalized spacial score (nSPS) is 21.2. The van der Waals surface area contributed by atoms with Gasteiger partial charge in [0.25, 0.3) is 5.92 Å². The summed E-state index contributed by atoms with van der Waals surface area (Å²) in [7, 11) is 1.30. The highest BCUT2D eigenvalue weighted by Crippen LogP contribution is 2.53. The van der Waals surface area contributed by atoms with Crippen molar-refractivity contribution < 1.29 is 27.8 Å². The van der Waals surface area contributed by atoms with E-state index in [9.17, 15) is 9.59 Å².